The van der Waals surface area contributed by atoms with Crippen LogP contribution >= 0.6 is 0 Å². The summed E-state index contributed by atoms with van der Waals surface area (Å²) in [6.07, 6.45) is 0.426. The van der Waals surface area contributed by atoms with Crippen molar-refractivity contribution in [3.8, 4) is 0 Å². The van der Waals surface area contributed by atoms with E-state index in [2.05, 4.69) is 37.4 Å². The molecule has 21 heavy (non-hydrogen) atoms. The van der Waals surface area contributed by atoms with E-state index >= 15 is 0 Å². The first-order valence-electron chi connectivity index (χ1n) is 7.38. The van der Waals surface area contributed by atoms with Crippen molar-refractivity contribution in [1.82, 2.24) is 5.32 Å². The molecule has 0 saturated heterocycles. The molecule has 2 rings (SSSR count). The van der Waals surface area contributed by atoms with Gasteiger partial charge in [-0.15, -0.1) is 0 Å². The lowest BCUT2D eigenvalue weighted by Crippen LogP contribution is -2.28. The van der Waals surface area contributed by atoms with Gasteiger partial charge in [0.25, 0.3) is 0 Å². The minimum absolute atomic E-state index is 0.0311. The fourth-order valence-corrected chi connectivity index (χ4v) is 2.57. The summed E-state index contributed by atoms with van der Waals surface area (Å²) in [5, 5.41) is 3.08. The van der Waals surface area contributed by atoms with E-state index in [-0.39, 0.29) is 11.9 Å². The molecule has 0 aliphatic rings. The summed E-state index contributed by atoms with van der Waals surface area (Å²) >= 11 is 0. The van der Waals surface area contributed by atoms with Crippen LogP contribution in [0.4, 0.5) is 0 Å². The van der Waals surface area contributed by atoms with Crippen molar-refractivity contribution in [3.63, 3.8) is 0 Å². The monoisotopic (exact) mass is 281 g/mol. The minimum Gasteiger partial charge on any atom is -0.349 e. The number of amides is 1. The van der Waals surface area contributed by atoms with E-state index in [9.17, 15) is 4.79 Å². The van der Waals surface area contributed by atoms with Crippen molar-refractivity contribution < 1.29 is 4.79 Å². The first-order chi connectivity index (χ1) is 9.95. The van der Waals surface area contributed by atoms with Crippen LogP contribution in [-0.4, -0.2) is 5.91 Å². The molecule has 1 unspecified atom stereocenters. The Balaban J connectivity index is 2.00. The number of aryl methyl sites for hydroxylation is 3. The maximum absolute atomic E-state index is 12.1. The summed E-state index contributed by atoms with van der Waals surface area (Å²) in [5.74, 6) is 0.0614. The highest BCUT2D eigenvalue weighted by Gasteiger charge is 2.12. The van der Waals surface area contributed by atoms with E-state index in [4.69, 9.17) is 0 Å². The fourth-order valence-electron chi connectivity index (χ4n) is 2.57. The number of rotatable bonds is 4. The highest BCUT2D eigenvalue weighted by atomic mass is 16.1. The van der Waals surface area contributed by atoms with Gasteiger partial charge in [0.15, 0.2) is 0 Å². The van der Waals surface area contributed by atoms with Crippen LogP contribution in [0.15, 0.2) is 42.5 Å². The van der Waals surface area contributed by atoms with Crippen LogP contribution in [0.2, 0.25) is 0 Å². The van der Waals surface area contributed by atoms with E-state index in [1.54, 1.807) is 0 Å². The van der Waals surface area contributed by atoms with Gasteiger partial charge in [-0.3, -0.25) is 4.79 Å². The van der Waals surface area contributed by atoms with Gasteiger partial charge in [0.2, 0.25) is 5.91 Å². The van der Waals surface area contributed by atoms with Crippen LogP contribution in [0.1, 0.15) is 40.8 Å². The molecule has 110 valence electrons. The number of nitrogens with one attached hydrogen (secondary N) is 1. The molecule has 0 heterocycles. The van der Waals surface area contributed by atoms with Gasteiger partial charge in [0.1, 0.15) is 0 Å². The van der Waals surface area contributed by atoms with Gasteiger partial charge in [-0.1, -0.05) is 53.6 Å². The highest BCUT2D eigenvalue weighted by molar-refractivity contribution is 5.79. The molecule has 0 saturated carbocycles. The van der Waals surface area contributed by atoms with Crippen LogP contribution in [0.5, 0.6) is 0 Å². The molecule has 0 radical (unpaired) electrons. The van der Waals surface area contributed by atoms with Crippen LogP contribution in [0.3, 0.4) is 0 Å². The molecule has 0 bridgehead atoms. The molecule has 2 aromatic carbocycles. The number of carbonyl (C=O) groups is 1. The summed E-state index contributed by atoms with van der Waals surface area (Å²) in [6.45, 7) is 8.25. The first kappa shape index (κ1) is 15.3. The summed E-state index contributed by atoms with van der Waals surface area (Å²) in [4.78, 5) is 12.1. The van der Waals surface area contributed by atoms with Gasteiger partial charge in [-0.25, -0.2) is 0 Å². The van der Waals surface area contributed by atoms with E-state index in [0.29, 0.717) is 6.42 Å². The van der Waals surface area contributed by atoms with Crippen LogP contribution in [0, 0.1) is 20.8 Å². The van der Waals surface area contributed by atoms with Crippen molar-refractivity contribution in [1.29, 1.82) is 0 Å². The second-order valence-electron chi connectivity index (χ2n) is 5.81. The number of carbonyl (C=O) groups excluding carboxylic acids is 1. The zero-order chi connectivity index (χ0) is 15.4. The SMILES string of the molecule is Cc1ccc(CC(=O)NC(C)c2ccc(C)cc2C)cc1. The number of benzene rings is 2. The number of hydrogen-bond acceptors (Lipinski definition) is 1. The van der Waals surface area contributed by atoms with Crippen LogP contribution in [0.25, 0.3) is 0 Å². The Hall–Kier alpha value is -2.09. The minimum atomic E-state index is 0.0311. The third kappa shape index (κ3) is 4.19. The van der Waals surface area contributed by atoms with Gasteiger partial charge >= 0.3 is 0 Å². The van der Waals surface area contributed by atoms with Crippen molar-refractivity contribution in [2.24, 2.45) is 0 Å². The zero-order valence-electron chi connectivity index (χ0n) is 13.2. The smallest absolute Gasteiger partial charge is 0.224 e. The summed E-state index contributed by atoms with van der Waals surface area (Å²) in [5.41, 5.74) is 5.90. The Morgan fingerprint density at radius 2 is 1.62 bits per heavy atom. The standard InChI is InChI=1S/C19H23NO/c1-13-5-8-17(9-6-13)12-19(21)20-16(4)18-10-7-14(2)11-15(18)3/h5-11,16H,12H2,1-4H3,(H,20,21). The molecule has 2 aromatic rings. The lowest BCUT2D eigenvalue weighted by Gasteiger charge is -2.17. The van der Waals surface area contributed by atoms with E-state index in [1.807, 2.05) is 38.1 Å². The predicted octanol–water partition coefficient (Wildman–Crippen LogP) is 4.03. The summed E-state index contributed by atoms with van der Waals surface area (Å²) < 4.78 is 0. The molecular weight excluding hydrogens is 258 g/mol. The molecule has 1 N–H and O–H groups in total. The average molecular weight is 281 g/mol. The van der Waals surface area contributed by atoms with Crippen molar-refractivity contribution in [3.05, 3.63) is 70.3 Å². The third-order valence-electron chi connectivity index (χ3n) is 3.75. The zero-order valence-corrected chi connectivity index (χ0v) is 13.2. The molecule has 0 aliphatic heterocycles. The Kier molecular flexibility index (Phi) is 4.79. The summed E-state index contributed by atoms with van der Waals surface area (Å²) in [6, 6.07) is 14.5. The second-order valence-corrected chi connectivity index (χ2v) is 5.81. The largest absolute Gasteiger partial charge is 0.349 e. The van der Waals surface area contributed by atoms with Gasteiger partial charge in [0.05, 0.1) is 12.5 Å². The average Bonchev–Trinajstić information content (AvgIpc) is 2.41. The van der Waals surface area contributed by atoms with Crippen LogP contribution < -0.4 is 5.32 Å². The molecule has 2 nitrogen and oxygen atoms in total. The Morgan fingerprint density at radius 1 is 1.00 bits per heavy atom. The van der Waals surface area contributed by atoms with Gasteiger partial charge < -0.3 is 5.32 Å². The normalized spacial score (nSPS) is 12.0. The van der Waals surface area contributed by atoms with Crippen molar-refractivity contribution in [2.45, 2.75) is 40.2 Å². The Morgan fingerprint density at radius 3 is 2.24 bits per heavy atom. The summed E-state index contributed by atoms with van der Waals surface area (Å²) in [7, 11) is 0. The molecule has 0 aliphatic carbocycles. The highest BCUT2D eigenvalue weighted by Crippen LogP contribution is 2.18. The second kappa shape index (κ2) is 6.57. The van der Waals surface area contributed by atoms with Crippen LogP contribution in [-0.2, 0) is 11.2 Å². The lowest BCUT2D eigenvalue weighted by atomic mass is 10.00. The maximum Gasteiger partial charge on any atom is 0.224 e. The molecule has 0 aromatic heterocycles. The third-order valence-corrected chi connectivity index (χ3v) is 3.75. The molecule has 2 heteroatoms. The molecular formula is C19H23NO. The van der Waals surface area contributed by atoms with E-state index < -0.39 is 0 Å². The Bertz CT molecular complexity index is 629. The van der Waals surface area contributed by atoms with Crippen molar-refractivity contribution >= 4 is 5.91 Å². The lowest BCUT2D eigenvalue weighted by molar-refractivity contribution is -0.121. The van der Waals surface area contributed by atoms with Gasteiger partial charge in [0, 0.05) is 0 Å². The topological polar surface area (TPSA) is 29.1 Å². The fraction of sp³-hybridized carbons (Fsp3) is 0.316. The van der Waals surface area contributed by atoms with Crippen molar-refractivity contribution in [2.75, 3.05) is 0 Å². The predicted molar refractivity (Wildman–Crippen MR) is 87.4 cm³/mol. The molecule has 0 fully saturated rings. The molecule has 1 atom stereocenters. The Labute approximate surface area is 127 Å². The number of hydrogen-bond donors (Lipinski definition) is 1. The van der Waals surface area contributed by atoms with E-state index in [1.165, 1.54) is 22.3 Å². The van der Waals surface area contributed by atoms with Gasteiger partial charge in [-0.05, 0) is 44.4 Å². The molecule has 1 amide bonds. The quantitative estimate of drug-likeness (QED) is 0.900. The van der Waals surface area contributed by atoms with E-state index in [0.717, 1.165) is 5.56 Å². The maximum atomic E-state index is 12.1. The van der Waals surface area contributed by atoms with Gasteiger partial charge in [-0.2, -0.15) is 0 Å². The molecule has 0 spiro atoms. The first-order valence-corrected chi connectivity index (χ1v) is 7.38.